The van der Waals surface area contributed by atoms with Gasteiger partial charge in [0.2, 0.25) is 11.8 Å². The maximum absolute atomic E-state index is 12.8. The van der Waals surface area contributed by atoms with Crippen LogP contribution in [0.3, 0.4) is 0 Å². The number of aliphatic hydroxyl groups excluding tert-OH is 3. The smallest absolute Gasteiger partial charge is 0.254 e. The lowest BCUT2D eigenvalue weighted by Gasteiger charge is -2.51. The highest BCUT2D eigenvalue weighted by Gasteiger charge is 2.67. The average Bonchev–Trinajstić information content (AvgIpc) is 1.58. The number of piperidine rings is 11. The number of nitrogens with one attached hydrogen (secondary N) is 1. The molecule has 35 atom stereocenters. The summed E-state index contributed by atoms with van der Waals surface area (Å²) in [5.41, 5.74) is 0.564. The molecule has 35 rings (SSSR count). The number of methoxy groups -OCH3 is 1. The number of halogens is 5. The molecule has 23 unspecified atom stereocenters. The van der Waals surface area contributed by atoms with Gasteiger partial charge >= 0.3 is 0 Å². The molecule has 31 heteroatoms. The molecule has 24 saturated heterocycles. The van der Waals surface area contributed by atoms with Gasteiger partial charge in [0.05, 0.1) is 76.1 Å². The number of carbonyl (C=O) groups excluding carboxylic acids is 1. The molecule has 1 amide bonds. The number of carbonyl (C=O) groups is 1. The largest absolute Gasteiger partial charge is 0.396 e. The summed E-state index contributed by atoms with van der Waals surface area (Å²) < 4.78 is 90.1. The number of nitrogens with zero attached hydrogens (tertiary/aromatic N) is 16. The summed E-state index contributed by atoms with van der Waals surface area (Å²) in [5, 5.41) is 30.0. The Balaban J connectivity index is 0.000000126. The van der Waals surface area contributed by atoms with E-state index in [9.17, 15) is 31.9 Å². The summed E-state index contributed by atoms with van der Waals surface area (Å²) in [6, 6.07) is 0. The summed E-state index contributed by atoms with van der Waals surface area (Å²) in [5.74, 6) is 18.1. The second kappa shape index (κ2) is 55.0. The number of rotatable bonds is 3. The topological polar surface area (TPSA) is 188 Å². The van der Waals surface area contributed by atoms with Crippen LogP contribution in [-0.4, -0.2) is 531 Å². The molecule has 24 aliphatic heterocycles. The minimum absolute atomic E-state index is 0. The van der Waals surface area contributed by atoms with Crippen molar-refractivity contribution in [3.05, 3.63) is 0 Å². The van der Waals surface area contributed by atoms with Crippen LogP contribution < -0.4 is 5.32 Å². The standard InChI is InChI=1S/2C8H13F2N.3C8H15NO.C8H15N.C7H12FN.C7H12N2O.3C7H13NO.3C7H13N.2C6H11NO.3CH4/c1-11-4-6-2-8(9,10)3-7(6)5-11;1-11-4-2-6-7(3-5-11)8(6,9)10;1-9-3-7-2-8(4-9)6-10-5-7;1-9-4-6-3-7(5-9)8(6)10-2;1-9-4-2-8(6-9)3-5-10-7-8;1-9-5-7-3-2-4-8(7)6-9;1-9-3-6-5(2-8)7(6)4-9;1-9-3-5-2-8-7(10)6(5)4-9;1-8-2-6-4-9-5-7(6)3-8;1-8-2-5-6(3-8)7(5)4-9;1-8-3-5-2-6(4-8)7(5)9;1-5-6-3-8(2)4-7(5)6;1-8-3-2-6-4-7(6)5-8;1-8-4-6-2-3-7(6)5-8;1-7-3-5-2-6(4-7)8-5;1-7-2-4-5(3-7)6(4)8;;;/h2*6-7H,2-5H2,1H3;7-8H,2-6H2,1H3;6-8H,3-5H2,1-2H3;2-7H2,1H3;7-8H,2-6H2,1H3;5-7H,2-4H2,1H3;5-6H,2-4H2,1H3,(H,8,10);6-7H,2-5H2,1H3;2*5-7,9H,2-4H2,1H3;5-7H,3-4H2,1-2H3;2*6-7H,2-5H2,1H3;5-6H,2-4H2,1H3;4-6,8H,2-3H2,1H3;3*1H4/t6-,7+;;;;;;5?,6-,7+;;6-,7+;5-,6+,7?;;5?,6-,7+;;;;4-,5+,6?;;;. The summed E-state index contributed by atoms with van der Waals surface area (Å²) in [4.78, 5) is 48.6. The van der Waals surface area contributed by atoms with Crippen molar-refractivity contribution in [1.29, 1.82) is 0 Å². The molecule has 0 aromatic rings. The van der Waals surface area contributed by atoms with Crippen molar-refractivity contribution in [2.45, 2.75) is 181 Å². The number of amides is 1. The third-order valence-electron chi connectivity index (χ3n) is 42.3. The van der Waals surface area contributed by atoms with Crippen molar-refractivity contribution in [2.24, 2.45) is 189 Å². The van der Waals surface area contributed by atoms with Crippen LogP contribution in [0.5, 0.6) is 0 Å². The number of fused-ring (bicyclic) bond motifs is 19. The van der Waals surface area contributed by atoms with Crippen LogP contribution in [-0.2, 0) is 28.5 Å². The Kier molecular flexibility index (Phi) is 45.3. The zero-order valence-corrected chi connectivity index (χ0v) is 95.1. The molecule has 0 aromatic heterocycles. The molecular weight excluding hydrogens is 1910 g/mol. The van der Waals surface area contributed by atoms with Crippen LogP contribution in [0.4, 0.5) is 22.0 Å². The number of hydrogen-bond donors (Lipinski definition) is 4. The van der Waals surface area contributed by atoms with Crippen molar-refractivity contribution in [2.75, 3.05) is 389 Å². The van der Waals surface area contributed by atoms with E-state index in [1.807, 2.05) is 21.2 Å². The van der Waals surface area contributed by atoms with Crippen LogP contribution in [0.25, 0.3) is 0 Å². The number of ether oxygens (including phenoxy) is 5. The van der Waals surface area contributed by atoms with Gasteiger partial charge in [-0.2, -0.15) is 0 Å². The third-order valence-corrected chi connectivity index (χ3v) is 42.3. The molecule has 24 heterocycles. The summed E-state index contributed by atoms with van der Waals surface area (Å²) >= 11 is 0. The van der Waals surface area contributed by atoms with E-state index in [0.29, 0.717) is 90.5 Å². The molecule has 35 fully saturated rings. The van der Waals surface area contributed by atoms with Gasteiger partial charge in [0, 0.05) is 276 Å². The monoisotopic (exact) mass is 2130 g/mol. The highest BCUT2D eigenvalue weighted by Crippen LogP contribution is 2.60. The number of alkyl halides is 5. The predicted molar refractivity (Wildman–Crippen MR) is 595 cm³/mol. The van der Waals surface area contributed by atoms with E-state index in [4.69, 9.17) is 33.9 Å². The van der Waals surface area contributed by atoms with E-state index in [2.05, 4.69) is 189 Å². The Hall–Kier alpha value is -1.84. The Morgan fingerprint density at radius 2 is 0.760 bits per heavy atom. The molecule has 872 valence electrons. The molecule has 11 aliphatic carbocycles. The molecule has 1 spiro atoms. The minimum atomic E-state index is -2.35. The Morgan fingerprint density at radius 3 is 1.16 bits per heavy atom. The average molecular weight is 2130 g/mol. The van der Waals surface area contributed by atoms with Crippen LogP contribution in [0.15, 0.2) is 0 Å². The van der Waals surface area contributed by atoms with Crippen LogP contribution >= 0.6 is 0 Å². The Labute approximate surface area is 908 Å². The summed E-state index contributed by atoms with van der Waals surface area (Å²) in [6.45, 7) is 47.6. The van der Waals surface area contributed by atoms with E-state index in [1.54, 1.807) is 0 Å². The lowest BCUT2D eigenvalue weighted by molar-refractivity contribution is -0.175. The number of morpholine rings is 1. The molecule has 11 saturated carbocycles. The fourth-order valence-electron chi connectivity index (χ4n) is 33.1. The van der Waals surface area contributed by atoms with Crippen molar-refractivity contribution < 1.29 is 65.8 Å². The molecule has 26 nitrogen and oxygen atoms in total. The van der Waals surface area contributed by atoms with Crippen LogP contribution in [0.2, 0.25) is 0 Å². The maximum Gasteiger partial charge on any atom is 0.254 e. The Bertz CT molecular complexity index is 3710. The highest BCUT2D eigenvalue weighted by atomic mass is 19.3. The van der Waals surface area contributed by atoms with Crippen LogP contribution in [0, 0.1) is 189 Å². The first-order valence-electron chi connectivity index (χ1n) is 59.7. The molecular formula is C119H222F5N17O9. The van der Waals surface area contributed by atoms with Gasteiger partial charge in [-0.05, 0) is 359 Å². The fraction of sp³-hybridized carbons (Fsp3) is 0.992. The van der Waals surface area contributed by atoms with Crippen LogP contribution in [0.1, 0.15) is 138 Å². The first-order chi connectivity index (χ1) is 70.2. The van der Waals surface area contributed by atoms with Crippen molar-refractivity contribution in [1.82, 2.24) is 83.7 Å². The van der Waals surface area contributed by atoms with E-state index in [0.717, 1.165) is 250 Å². The lowest BCUT2D eigenvalue weighted by atomic mass is 9.68. The van der Waals surface area contributed by atoms with Gasteiger partial charge in [-0.1, -0.05) is 35.6 Å². The third kappa shape index (κ3) is 33.1. The SMILES string of the molecule is C.C.C.CC1[C@H]2CN(C)C[C@@H]12.CN1CC2CC(C1)C2O.CN1CC2CC(C1)O2.CN1CC2CCC2C1.CN1CC2CCCC2C1.CN1CC2CNC(=O)C2C1.CN1CC2COCC(C2)C1.CN1CCC2(CCOC2)C1.CN1CCC2C(CC1)C2(F)F.CN1CCC2CC2C1.CN1C[C@@H]2C(CF)[C@@H]2C1.CN1C[C@@H]2C(CO)[C@@H]2C1.CN1C[C@@H]2C(O)[C@@H]2C1.CN1C[C@@H]2CC(F)(F)C[C@@H]2C1.CN1C[C@H]2COC[C@H]2C1.COC1C2CC1CN(C)C2. The quantitative estimate of drug-likeness (QED) is 0.195. The minimum Gasteiger partial charge on any atom is -0.396 e. The second-order valence-corrected chi connectivity index (χ2v) is 55.4. The van der Waals surface area contributed by atoms with Gasteiger partial charge in [0.15, 0.2) is 0 Å². The van der Waals surface area contributed by atoms with Gasteiger partial charge in [0.25, 0.3) is 5.92 Å². The first-order valence-corrected chi connectivity index (χ1v) is 59.7. The zero-order valence-electron chi connectivity index (χ0n) is 95.1. The number of aliphatic hydroxyl groups is 3. The van der Waals surface area contributed by atoms with Crippen molar-refractivity contribution >= 4 is 5.91 Å². The highest BCUT2D eigenvalue weighted by molar-refractivity contribution is 5.81. The van der Waals surface area contributed by atoms with Gasteiger partial charge in [0.1, 0.15) is 0 Å². The molecule has 150 heavy (non-hydrogen) atoms. The molecule has 4 N–H and O–H groups in total. The maximum atomic E-state index is 12.8. The second-order valence-electron chi connectivity index (χ2n) is 55.4. The van der Waals surface area contributed by atoms with Crippen molar-refractivity contribution in [3.63, 3.8) is 0 Å². The number of likely N-dealkylation sites (N-methyl/N-ethyl adjacent to an activating group) is 1. The van der Waals surface area contributed by atoms with E-state index in [1.165, 1.54) is 201 Å². The van der Waals surface area contributed by atoms with Gasteiger partial charge in [-0.15, -0.1) is 0 Å². The predicted octanol–water partition coefficient (Wildman–Crippen LogP) is 10.7. The zero-order chi connectivity index (χ0) is 104. The summed E-state index contributed by atoms with van der Waals surface area (Å²) in [7, 11) is 36.3. The normalized spacial score (nSPS) is 45.0. The lowest BCUT2D eigenvalue weighted by Crippen LogP contribution is -2.57. The first kappa shape index (κ1) is 124. The Morgan fingerprint density at radius 1 is 0.367 bits per heavy atom. The fourth-order valence-corrected chi connectivity index (χ4v) is 33.1. The summed E-state index contributed by atoms with van der Waals surface area (Å²) in [6.07, 6.45) is 22.1. The van der Waals surface area contributed by atoms with Gasteiger partial charge in [-0.3, -0.25) is 9.18 Å². The molecule has 0 radical (unpaired) electrons. The molecule has 0 aromatic carbocycles. The molecule has 8 bridgehead atoms. The van der Waals surface area contributed by atoms with Gasteiger partial charge in [-0.25, -0.2) is 17.6 Å². The van der Waals surface area contributed by atoms with E-state index >= 15 is 0 Å². The van der Waals surface area contributed by atoms with E-state index in [-0.39, 0.29) is 83.6 Å². The van der Waals surface area contributed by atoms with Crippen molar-refractivity contribution in [3.8, 4) is 0 Å². The number of likely N-dealkylation sites (tertiary alicyclic amines) is 13. The molecule has 35 aliphatic rings. The van der Waals surface area contributed by atoms with Gasteiger partial charge < -0.3 is 123 Å². The number of hydrogen-bond acceptors (Lipinski definition) is 25. The van der Waals surface area contributed by atoms with E-state index < -0.39 is 11.8 Å².